The van der Waals surface area contributed by atoms with E-state index in [2.05, 4.69) is 5.32 Å². The largest absolute Gasteiger partial charge is 0.398 e. The van der Waals surface area contributed by atoms with Crippen molar-refractivity contribution < 1.29 is 4.79 Å². The highest BCUT2D eigenvalue weighted by molar-refractivity contribution is 5.82. The Kier molecular flexibility index (Phi) is 4.95. The summed E-state index contributed by atoms with van der Waals surface area (Å²) < 4.78 is 0. The van der Waals surface area contributed by atoms with Crippen molar-refractivity contribution in [3.8, 4) is 0 Å². The molecule has 0 aromatic heterocycles. The Balaban J connectivity index is 2.03. The van der Waals surface area contributed by atoms with E-state index in [1.54, 1.807) is 0 Å². The van der Waals surface area contributed by atoms with E-state index in [4.69, 9.17) is 11.5 Å². The minimum Gasteiger partial charge on any atom is -0.398 e. The molecule has 21 heavy (non-hydrogen) atoms. The zero-order valence-electron chi connectivity index (χ0n) is 12.2. The van der Waals surface area contributed by atoms with Gasteiger partial charge in [0.15, 0.2) is 0 Å². The molecule has 0 radical (unpaired) electrons. The molecule has 0 aliphatic carbocycles. The Hall–Kier alpha value is -2.33. The first-order chi connectivity index (χ1) is 10.1. The summed E-state index contributed by atoms with van der Waals surface area (Å²) in [7, 11) is 0. The molecule has 0 aliphatic heterocycles. The maximum Gasteiger partial charge on any atom is 0.241 e. The normalized spacial score (nSPS) is 11.9. The molecule has 2 rings (SSSR count). The van der Waals surface area contributed by atoms with Crippen LogP contribution in [0.5, 0.6) is 0 Å². The van der Waals surface area contributed by atoms with Gasteiger partial charge in [-0.1, -0.05) is 49.4 Å². The summed E-state index contributed by atoms with van der Waals surface area (Å²) in [4.78, 5) is 12.1. The van der Waals surface area contributed by atoms with Crippen molar-refractivity contribution in [2.45, 2.75) is 25.9 Å². The SMILES string of the molecule is CCc1c(N)cccc1CNC(=O)[C@H](N)c1ccccc1. The quantitative estimate of drug-likeness (QED) is 0.735. The minimum atomic E-state index is -0.655. The Morgan fingerprint density at radius 1 is 1.14 bits per heavy atom. The summed E-state index contributed by atoms with van der Waals surface area (Å²) in [5.41, 5.74) is 15.6. The van der Waals surface area contributed by atoms with Crippen LogP contribution >= 0.6 is 0 Å². The van der Waals surface area contributed by atoms with Crippen molar-refractivity contribution in [2.24, 2.45) is 5.73 Å². The van der Waals surface area contributed by atoms with Gasteiger partial charge < -0.3 is 16.8 Å². The number of carbonyl (C=O) groups is 1. The molecule has 0 saturated carbocycles. The van der Waals surface area contributed by atoms with Gasteiger partial charge in [0, 0.05) is 12.2 Å². The van der Waals surface area contributed by atoms with Gasteiger partial charge in [0.05, 0.1) is 0 Å². The van der Waals surface area contributed by atoms with Gasteiger partial charge in [-0.3, -0.25) is 4.79 Å². The molecule has 4 heteroatoms. The van der Waals surface area contributed by atoms with E-state index in [-0.39, 0.29) is 5.91 Å². The minimum absolute atomic E-state index is 0.189. The molecular weight excluding hydrogens is 262 g/mol. The standard InChI is InChI=1S/C17H21N3O/c1-2-14-13(9-6-10-15(14)18)11-20-17(21)16(19)12-7-4-3-5-8-12/h3-10,16H,2,11,18-19H2,1H3,(H,20,21)/t16-/m1/s1. The Labute approximate surface area is 125 Å². The summed E-state index contributed by atoms with van der Waals surface area (Å²) in [6.45, 7) is 2.49. The van der Waals surface area contributed by atoms with E-state index in [0.717, 1.165) is 28.8 Å². The van der Waals surface area contributed by atoms with Crippen molar-refractivity contribution in [1.29, 1.82) is 0 Å². The van der Waals surface area contributed by atoms with E-state index < -0.39 is 6.04 Å². The van der Waals surface area contributed by atoms with Crippen LogP contribution in [0.2, 0.25) is 0 Å². The van der Waals surface area contributed by atoms with E-state index in [1.165, 1.54) is 0 Å². The van der Waals surface area contributed by atoms with E-state index in [9.17, 15) is 4.79 Å². The molecule has 1 atom stereocenters. The number of rotatable bonds is 5. The third-order valence-corrected chi connectivity index (χ3v) is 3.56. The number of anilines is 1. The van der Waals surface area contributed by atoms with Crippen molar-refractivity contribution in [3.05, 3.63) is 65.2 Å². The van der Waals surface area contributed by atoms with Crippen molar-refractivity contribution in [2.75, 3.05) is 5.73 Å². The summed E-state index contributed by atoms with van der Waals surface area (Å²) in [5, 5.41) is 2.88. The Morgan fingerprint density at radius 2 is 1.86 bits per heavy atom. The van der Waals surface area contributed by atoms with Crippen molar-refractivity contribution in [3.63, 3.8) is 0 Å². The average Bonchev–Trinajstić information content (AvgIpc) is 2.52. The molecule has 1 amide bonds. The lowest BCUT2D eigenvalue weighted by molar-refractivity contribution is -0.122. The van der Waals surface area contributed by atoms with Crippen LogP contribution in [0.1, 0.15) is 29.7 Å². The molecule has 4 nitrogen and oxygen atoms in total. The van der Waals surface area contributed by atoms with Crippen LogP contribution in [0.25, 0.3) is 0 Å². The highest BCUT2D eigenvalue weighted by atomic mass is 16.2. The third-order valence-electron chi connectivity index (χ3n) is 3.56. The van der Waals surface area contributed by atoms with Crippen LogP contribution in [-0.4, -0.2) is 5.91 Å². The first kappa shape index (κ1) is 15.1. The maximum atomic E-state index is 12.1. The number of nitrogens with one attached hydrogen (secondary N) is 1. The summed E-state index contributed by atoms with van der Waals surface area (Å²) >= 11 is 0. The van der Waals surface area contributed by atoms with Crippen LogP contribution in [0.15, 0.2) is 48.5 Å². The fraction of sp³-hybridized carbons (Fsp3) is 0.235. The number of benzene rings is 2. The number of nitrogens with two attached hydrogens (primary N) is 2. The van der Waals surface area contributed by atoms with Crippen LogP contribution in [0.4, 0.5) is 5.69 Å². The molecule has 0 fully saturated rings. The van der Waals surface area contributed by atoms with Crippen LogP contribution in [0.3, 0.4) is 0 Å². The molecular formula is C17H21N3O. The second kappa shape index (κ2) is 6.90. The molecule has 2 aromatic rings. The van der Waals surface area contributed by atoms with Crippen molar-refractivity contribution in [1.82, 2.24) is 5.32 Å². The van der Waals surface area contributed by atoms with Gasteiger partial charge in [0.25, 0.3) is 0 Å². The molecule has 5 N–H and O–H groups in total. The topological polar surface area (TPSA) is 81.1 Å². The second-order valence-corrected chi connectivity index (χ2v) is 4.94. The van der Waals surface area contributed by atoms with Crippen LogP contribution < -0.4 is 16.8 Å². The average molecular weight is 283 g/mol. The number of nitrogen functional groups attached to an aromatic ring is 1. The number of carbonyl (C=O) groups excluding carboxylic acids is 1. The van der Waals surface area contributed by atoms with E-state index >= 15 is 0 Å². The zero-order valence-corrected chi connectivity index (χ0v) is 12.2. The van der Waals surface area contributed by atoms with Gasteiger partial charge in [-0.2, -0.15) is 0 Å². The summed E-state index contributed by atoms with van der Waals surface area (Å²) in [6.07, 6.45) is 0.836. The molecule has 0 heterocycles. The lowest BCUT2D eigenvalue weighted by Gasteiger charge is -2.15. The fourth-order valence-electron chi connectivity index (χ4n) is 2.36. The second-order valence-electron chi connectivity index (χ2n) is 4.94. The smallest absolute Gasteiger partial charge is 0.241 e. The zero-order chi connectivity index (χ0) is 15.2. The number of hydrogen-bond acceptors (Lipinski definition) is 3. The first-order valence-corrected chi connectivity index (χ1v) is 7.08. The van der Waals surface area contributed by atoms with Gasteiger partial charge in [0.2, 0.25) is 5.91 Å². The monoisotopic (exact) mass is 283 g/mol. The van der Waals surface area contributed by atoms with Gasteiger partial charge in [-0.25, -0.2) is 0 Å². The van der Waals surface area contributed by atoms with E-state index in [1.807, 2.05) is 55.5 Å². The van der Waals surface area contributed by atoms with Gasteiger partial charge >= 0.3 is 0 Å². The fourth-order valence-corrected chi connectivity index (χ4v) is 2.36. The highest BCUT2D eigenvalue weighted by Gasteiger charge is 2.15. The lowest BCUT2D eigenvalue weighted by Crippen LogP contribution is -2.33. The molecule has 2 aromatic carbocycles. The maximum absolute atomic E-state index is 12.1. The molecule has 0 spiro atoms. The summed E-state index contributed by atoms with van der Waals surface area (Å²) in [6, 6.07) is 14.4. The lowest BCUT2D eigenvalue weighted by atomic mass is 10.0. The summed E-state index contributed by atoms with van der Waals surface area (Å²) in [5.74, 6) is -0.189. The van der Waals surface area contributed by atoms with Crippen LogP contribution in [0, 0.1) is 0 Å². The highest BCUT2D eigenvalue weighted by Crippen LogP contribution is 2.18. The molecule has 110 valence electrons. The Morgan fingerprint density at radius 3 is 2.52 bits per heavy atom. The molecule has 0 unspecified atom stereocenters. The third kappa shape index (κ3) is 3.61. The van der Waals surface area contributed by atoms with Gasteiger partial charge in [-0.05, 0) is 29.2 Å². The molecule has 0 aliphatic rings. The first-order valence-electron chi connectivity index (χ1n) is 7.08. The predicted molar refractivity (Wildman–Crippen MR) is 85.4 cm³/mol. The predicted octanol–water partition coefficient (Wildman–Crippen LogP) is 2.15. The van der Waals surface area contributed by atoms with Gasteiger partial charge in [0.1, 0.15) is 6.04 Å². The Bertz CT molecular complexity index is 611. The van der Waals surface area contributed by atoms with Crippen molar-refractivity contribution >= 4 is 11.6 Å². The number of amides is 1. The molecule has 0 saturated heterocycles. The van der Waals surface area contributed by atoms with Crippen LogP contribution in [-0.2, 0) is 17.8 Å². The van der Waals surface area contributed by atoms with Gasteiger partial charge in [-0.15, -0.1) is 0 Å². The van der Waals surface area contributed by atoms with E-state index in [0.29, 0.717) is 6.54 Å². The number of hydrogen-bond donors (Lipinski definition) is 3. The molecule has 0 bridgehead atoms.